The minimum absolute atomic E-state index is 0.220. The second-order valence-corrected chi connectivity index (χ2v) is 8.56. The fraction of sp³-hybridized carbons (Fsp3) is 0.400. The summed E-state index contributed by atoms with van der Waals surface area (Å²) in [4.78, 5) is 38.4. The molecule has 2 aromatic rings. The van der Waals surface area contributed by atoms with Gasteiger partial charge in [-0.05, 0) is 54.7 Å². The molecule has 1 aliphatic heterocycles. The molecule has 0 bridgehead atoms. The van der Waals surface area contributed by atoms with Gasteiger partial charge in [0.1, 0.15) is 17.5 Å². The predicted octanol–water partition coefficient (Wildman–Crippen LogP) is 3.70. The normalized spacial score (nSPS) is 20.8. The first-order chi connectivity index (χ1) is 15.5. The minimum atomic E-state index is -0.973. The Kier molecular flexibility index (Phi) is 6.73. The molecule has 32 heavy (non-hydrogen) atoms. The van der Waals surface area contributed by atoms with Gasteiger partial charge < -0.3 is 20.1 Å². The molecule has 1 aliphatic carbocycles. The number of para-hydroxylation sites is 1. The molecular weight excluding hydrogens is 408 g/mol. The molecule has 168 valence electrons. The number of carbonyl (C=O) groups is 3. The van der Waals surface area contributed by atoms with Crippen molar-refractivity contribution < 1.29 is 24.2 Å². The van der Waals surface area contributed by atoms with Crippen LogP contribution in [0.3, 0.4) is 0 Å². The summed E-state index contributed by atoms with van der Waals surface area (Å²) >= 11 is 0. The molecule has 0 aromatic heterocycles. The highest BCUT2D eigenvalue weighted by atomic mass is 16.5. The first-order valence-electron chi connectivity index (χ1n) is 11.1. The Balaban J connectivity index is 1.31. The van der Waals surface area contributed by atoms with Gasteiger partial charge in [-0.2, -0.15) is 0 Å². The van der Waals surface area contributed by atoms with E-state index in [1.54, 1.807) is 24.3 Å². The Labute approximate surface area is 187 Å². The number of benzene rings is 2. The topological polar surface area (TPSA) is 95.9 Å². The summed E-state index contributed by atoms with van der Waals surface area (Å²) in [5.74, 6) is 0.321. The van der Waals surface area contributed by atoms with Crippen LogP contribution in [0.2, 0.25) is 0 Å². The summed E-state index contributed by atoms with van der Waals surface area (Å²) in [5.41, 5.74) is 0.401. The van der Waals surface area contributed by atoms with Crippen molar-refractivity contribution in [1.82, 2.24) is 10.2 Å². The van der Waals surface area contributed by atoms with Gasteiger partial charge in [-0.25, -0.2) is 4.79 Å². The fourth-order valence-electron chi connectivity index (χ4n) is 4.81. The third-order valence-electron chi connectivity index (χ3n) is 6.50. The molecule has 2 fully saturated rings. The maximum Gasteiger partial charge on any atom is 0.326 e. The zero-order valence-electron chi connectivity index (χ0n) is 17.9. The van der Waals surface area contributed by atoms with Crippen molar-refractivity contribution in [3.05, 3.63) is 60.2 Å². The second-order valence-electron chi connectivity index (χ2n) is 8.56. The summed E-state index contributed by atoms with van der Waals surface area (Å²) in [6.07, 6.45) is 5.08. The molecule has 1 saturated heterocycles. The highest BCUT2D eigenvalue weighted by molar-refractivity contribution is 5.97. The van der Waals surface area contributed by atoms with Crippen LogP contribution in [0.1, 0.15) is 42.5 Å². The largest absolute Gasteiger partial charge is 0.480 e. The molecule has 2 aliphatic rings. The predicted molar refractivity (Wildman–Crippen MR) is 118 cm³/mol. The highest BCUT2D eigenvalue weighted by Crippen LogP contribution is 2.38. The quantitative estimate of drug-likeness (QED) is 0.690. The summed E-state index contributed by atoms with van der Waals surface area (Å²) < 4.78 is 5.72. The molecular formula is C25H28N2O5. The average molecular weight is 437 g/mol. The van der Waals surface area contributed by atoms with Crippen molar-refractivity contribution >= 4 is 17.8 Å². The molecule has 1 heterocycles. The van der Waals surface area contributed by atoms with E-state index in [0.29, 0.717) is 35.9 Å². The lowest BCUT2D eigenvalue weighted by Crippen LogP contribution is -2.45. The Hall–Kier alpha value is -3.35. The van der Waals surface area contributed by atoms with Crippen LogP contribution in [0.25, 0.3) is 0 Å². The standard InChI is InChI=1S/C25H28N2O5/c28-23(27-16-19(14-22(27)25(30)31)17-6-4-5-7-17)15-26-24(29)18-10-12-21(13-11-18)32-20-8-2-1-3-9-20/h1-3,8-13,17,19,22H,4-7,14-16H2,(H,26,29)(H,30,31)/t19-,22+/m1/s1. The number of carbonyl (C=O) groups excluding carboxylic acids is 2. The van der Waals surface area contributed by atoms with Gasteiger partial charge in [0.25, 0.3) is 5.91 Å². The Morgan fingerprint density at radius 2 is 1.59 bits per heavy atom. The van der Waals surface area contributed by atoms with Crippen molar-refractivity contribution in [1.29, 1.82) is 0 Å². The number of rotatable bonds is 7. The molecule has 2 atom stereocenters. The Bertz CT molecular complexity index is 954. The Morgan fingerprint density at radius 1 is 0.938 bits per heavy atom. The number of aliphatic carboxylic acids is 1. The molecule has 0 unspecified atom stereocenters. The van der Waals surface area contributed by atoms with Crippen LogP contribution >= 0.6 is 0 Å². The van der Waals surface area contributed by atoms with E-state index in [4.69, 9.17) is 4.74 Å². The molecule has 1 saturated carbocycles. The number of ether oxygens (including phenoxy) is 1. The number of amides is 2. The van der Waals surface area contributed by atoms with Crippen molar-refractivity contribution in [2.75, 3.05) is 13.1 Å². The van der Waals surface area contributed by atoms with Crippen LogP contribution in [0.15, 0.2) is 54.6 Å². The van der Waals surface area contributed by atoms with E-state index in [0.717, 1.165) is 12.8 Å². The van der Waals surface area contributed by atoms with E-state index >= 15 is 0 Å². The molecule has 0 spiro atoms. The zero-order chi connectivity index (χ0) is 22.5. The minimum Gasteiger partial charge on any atom is -0.480 e. The van der Waals surface area contributed by atoms with Gasteiger partial charge in [0, 0.05) is 12.1 Å². The number of hydrogen-bond acceptors (Lipinski definition) is 4. The lowest BCUT2D eigenvalue weighted by atomic mass is 9.89. The number of likely N-dealkylation sites (tertiary alicyclic amines) is 1. The van der Waals surface area contributed by atoms with Crippen LogP contribution in [0.4, 0.5) is 0 Å². The van der Waals surface area contributed by atoms with Crippen LogP contribution in [-0.4, -0.2) is 46.9 Å². The van der Waals surface area contributed by atoms with Crippen LogP contribution in [0, 0.1) is 11.8 Å². The summed E-state index contributed by atoms with van der Waals surface area (Å²) in [6.45, 7) is 0.240. The van der Waals surface area contributed by atoms with Crippen molar-refractivity contribution in [3.8, 4) is 11.5 Å². The first-order valence-corrected chi connectivity index (χ1v) is 11.1. The van der Waals surface area contributed by atoms with E-state index in [1.165, 1.54) is 17.7 Å². The van der Waals surface area contributed by atoms with Gasteiger partial charge in [0.15, 0.2) is 0 Å². The lowest BCUT2D eigenvalue weighted by molar-refractivity contribution is -0.147. The van der Waals surface area contributed by atoms with Crippen molar-refractivity contribution in [2.45, 2.75) is 38.1 Å². The monoisotopic (exact) mass is 436 g/mol. The van der Waals surface area contributed by atoms with Crippen LogP contribution in [-0.2, 0) is 9.59 Å². The molecule has 4 rings (SSSR count). The number of carboxylic acid groups (broad SMARTS) is 1. The number of nitrogens with one attached hydrogen (secondary N) is 1. The van der Waals surface area contributed by atoms with E-state index in [1.807, 2.05) is 30.3 Å². The first kappa shape index (κ1) is 21.9. The maximum absolute atomic E-state index is 12.7. The maximum atomic E-state index is 12.7. The average Bonchev–Trinajstić information content (AvgIpc) is 3.48. The lowest BCUT2D eigenvalue weighted by Gasteiger charge is -2.22. The van der Waals surface area contributed by atoms with Gasteiger partial charge in [0.05, 0.1) is 6.54 Å². The fourth-order valence-corrected chi connectivity index (χ4v) is 4.81. The number of hydrogen-bond donors (Lipinski definition) is 2. The smallest absolute Gasteiger partial charge is 0.326 e. The van der Waals surface area contributed by atoms with Gasteiger partial charge in [-0.1, -0.05) is 43.9 Å². The zero-order valence-corrected chi connectivity index (χ0v) is 17.9. The van der Waals surface area contributed by atoms with Crippen LogP contribution < -0.4 is 10.1 Å². The number of carboxylic acids is 1. The molecule has 7 nitrogen and oxygen atoms in total. The SMILES string of the molecule is O=C(NCC(=O)N1C[C@H](C2CCCC2)C[C@H]1C(=O)O)c1ccc(Oc2ccccc2)cc1. The second kappa shape index (κ2) is 9.85. The molecule has 2 N–H and O–H groups in total. The van der Waals surface area contributed by atoms with Gasteiger partial charge in [-0.15, -0.1) is 0 Å². The molecule has 0 radical (unpaired) electrons. The van der Waals surface area contributed by atoms with Crippen molar-refractivity contribution in [3.63, 3.8) is 0 Å². The molecule has 2 amide bonds. The van der Waals surface area contributed by atoms with E-state index in [9.17, 15) is 19.5 Å². The Morgan fingerprint density at radius 3 is 2.25 bits per heavy atom. The van der Waals surface area contributed by atoms with Crippen molar-refractivity contribution in [2.24, 2.45) is 11.8 Å². The number of nitrogens with zero attached hydrogens (tertiary/aromatic N) is 1. The summed E-state index contributed by atoms with van der Waals surface area (Å²) in [5, 5.41) is 12.2. The molecule has 7 heteroatoms. The van der Waals surface area contributed by atoms with E-state index < -0.39 is 12.0 Å². The van der Waals surface area contributed by atoms with Gasteiger partial charge in [0.2, 0.25) is 5.91 Å². The third kappa shape index (κ3) is 5.10. The van der Waals surface area contributed by atoms with E-state index in [-0.39, 0.29) is 24.3 Å². The van der Waals surface area contributed by atoms with Gasteiger partial charge >= 0.3 is 5.97 Å². The third-order valence-corrected chi connectivity index (χ3v) is 6.50. The van der Waals surface area contributed by atoms with E-state index in [2.05, 4.69) is 5.32 Å². The van der Waals surface area contributed by atoms with Gasteiger partial charge in [-0.3, -0.25) is 9.59 Å². The summed E-state index contributed by atoms with van der Waals surface area (Å²) in [6, 6.07) is 15.2. The van der Waals surface area contributed by atoms with Crippen LogP contribution in [0.5, 0.6) is 11.5 Å². The summed E-state index contributed by atoms with van der Waals surface area (Å²) in [7, 11) is 0. The molecule has 2 aromatic carbocycles. The highest BCUT2D eigenvalue weighted by Gasteiger charge is 2.42.